The van der Waals surface area contributed by atoms with Crippen molar-refractivity contribution in [2.24, 2.45) is 0 Å². The van der Waals surface area contributed by atoms with E-state index in [4.69, 9.17) is 24.4 Å². The van der Waals surface area contributed by atoms with Crippen LogP contribution >= 0.6 is 0 Å². The second-order valence-electron chi connectivity index (χ2n) is 10.1. The van der Waals surface area contributed by atoms with Gasteiger partial charge in [0.2, 0.25) is 5.95 Å². The summed E-state index contributed by atoms with van der Waals surface area (Å²) in [6.07, 6.45) is 7.44. The van der Waals surface area contributed by atoms with Crippen LogP contribution in [0.1, 0.15) is 45.5 Å². The first-order chi connectivity index (χ1) is 16.8. The summed E-state index contributed by atoms with van der Waals surface area (Å²) in [6.45, 7) is 16.8. The normalized spacial score (nSPS) is 17.7. The zero-order valence-electron chi connectivity index (χ0n) is 21.1. The Morgan fingerprint density at radius 3 is 2.37 bits per heavy atom. The second kappa shape index (κ2) is 9.41. The fourth-order valence-electron chi connectivity index (χ4n) is 4.60. The van der Waals surface area contributed by atoms with E-state index < -0.39 is 0 Å². The van der Waals surface area contributed by atoms with Gasteiger partial charge in [0, 0.05) is 50.2 Å². The van der Waals surface area contributed by atoms with Gasteiger partial charge in [-0.05, 0) is 47.1 Å². The van der Waals surface area contributed by atoms with Crippen LogP contribution in [0, 0.1) is 6.92 Å². The van der Waals surface area contributed by atoms with Gasteiger partial charge in [0.15, 0.2) is 11.5 Å². The molecule has 0 amide bonds. The second-order valence-corrected chi connectivity index (χ2v) is 10.1. The average Bonchev–Trinajstić information content (AvgIpc) is 3.28. The van der Waals surface area contributed by atoms with Gasteiger partial charge in [-0.2, -0.15) is 4.98 Å². The fraction of sp³-hybridized carbons (Fsp3) is 0.560. The Morgan fingerprint density at radius 1 is 1.03 bits per heavy atom. The number of ether oxygens (including phenoxy) is 2. The summed E-state index contributed by atoms with van der Waals surface area (Å²) in [6, 6.07) is 0.285. The van der Waals surface area contributed by atoms with Crippen molar-refractivity contribution in [3.63, 3.8) is 0 Å². The van der Waals surface area contributed by atoms with Gasteiger partial charge in [-0.1, -0.05) is 0 Å². The van der Waals surface area contributed by atoms with Crippen molar-refractivity contribution >= 4 is 17.1 Å². The Hall–Kier alpha value is -3.27. The molecule has 2 aliphatic rings. The summed E-state index contributed by atoms with van der Waals surface area (Å²) in [5.74, 6) is 2.16. The molecule has 0 atom stereocenters. The molecule has 5 heterocycles. The minimum atomic E-state index is -0.253. The number of imidazole rings is 1. The zero-order valence-corrected chi connectivity index (χ0v) is 21.1. The predicted octanol–water partition coefficient (Wildman–Crippen LogP) is 3.35. The van der Waals surface area contributed by atoms with Gasteiger partial charge >= 0.3 is 0 Å². The number of piperidine rings is 1. The van der Waals surface area contributed by atoms with E-state index >= 15 is 0 Å². The molecule has 0 radical (unpaired) electrons. The Kier molecular flexibility index (Phi) is 6.31. The summed E-state index contributed by atoms with van der Waals surface area (Å²) in [5.41, 5.74) is 2.97. The Bertz CT molecular complexity index is 1190. The Balaban J connectivity index is 1.46. The van der Waals surface area contributed by atoms with Gasteiger partial charge in [0.25, 0.3) is 0 Å². The summed E-state index contributed by atoms with van der Waals surface area (Å²) in [7, 11) is 0. The van der Waals surface area contributed by atoms with Crippen molar-refractivity contribution in [1.82, 2.24) is 34.4 Å². The number of aromatic nitrogens is 6. The summed E-state index contributed by atoms with van der Waals surface area (Å²) >= 11 is 0. The molecule has 10 heteroatoms. The Morgan fingerprint density at radius 2 is 1.71 bits per heavy atom. The first-order valence-corrected chi connectivity index (χ1v) is 12.3. The minimum Gasteiger partial charge on any atom is -0.474 e. The molecule has 0 aliphatic carbocycles. The highest BCUT2D eigenvalue weighted by atomic mass is 16.5. The third-order valence-corrected chi connectivity index (χ3v) is 6.39. The number of likely N-dealkylation sites (tertiary alicyclic amines) is 1. The van der Waals surface area contributed by atoms with Gasteiger partial charge in [0.1, 0.15) is 22.6 Å². The third-order valence-electron chi connectivity index (χ3n) is 6.39. The number of hydrogen-bond acceptors (Lipinski definition) is 9. The maximum atomic E-state index is 5.99. The van der Waals surface area contributed by atoms with Crippen LogP contribution in [0.15, 0.2) is 31.2 Å². The zero-order chi connectivity index (χ0) is 24.6. The SMILES string of the molecule is C=C(OC(C)(C)C)N1CCC(n2cnc3c(-c4cnc(C)nc4)nc(N4CCOCC4)nc32)CC1. The molecule has 0 spiro atoms. The van der Waals surface area contributed by atoms with Crippen molar-refractivity contribution in [3.8, 4) is 11.3 Å². The van der Waals surface area contributed by atoms with Crippen molar-refractivity contribution in [2.75, 3.05) is 44.3 Å². The van der Waals surface area contributed by atoms with Gasteiger partial charge < -0.3 is 23.8 Å². The highest BCUT2D eigenvalue weighted by Crippen LogP contribution is 2.32. The first kappa shape index (κ1) is 23.5. The molecule has 35 heavy (non-hydrogen) atoms. The van der Waals surface area contributed by atoms with E-state index in [0.717, 1.165) is 73.1 Å². The van der Waals surface area contributed by atoms with E-state index in [1.54, 1.807) is 0 Å². The van der Waals surface area contributed by atoms with E-state index in [9.17, 15) is 0 Å². The molecule has 10 nitrogen and oxygen atoms in total. The molecular formula is C25H34N8O2. The monoisotopic (exact) mass is 478 g/mol. The number of aryl methyl sites for hydroxylation is 1. The van der Waals surface area contributed by atoms with Gasteiger partial charge in [-0.15, -0.1) is 0 Å². The molecule has 2 aliphatic heterocycles. The quantitative estimate of drug-likeness (QED) is 0.512. The lowest BCUT2D eigenvalue weighted by Gasteiger charge is -2.37. The fourth-order valence-corrected chi connectivity index (χ4v) is 4.60. The van der Waals surface area contributed by atoms with Crippen molar-refractivity contribution in [2.45, 2.75) is 52.2 Å². The Labute approximate surface area is 206 Å². The van der Waals surface area contributed by atoms with Crippen molar-refractivity contribution < 1.29 is 9.47 Å². The van der Waals surface area contributed by atoms with Gasteiger partial charge in [0.05, 0.1) is 19.5 Å². The highest BCUT2D eigenvalue weighted by molar-refractivity contribution is 5.88. The predicted molar refractivity (Wildman–Crippen MR) is 134 cm³/mol. The summed E-state index contributed by atoms with van der Waals surface area (Å²) in [4.78, 5) is 27.9. The standard InChI is InChI=1S/C25H34N8O2/c1-17-26-14-19(15-27-17)21-22-23(30-24(29-21)32-10-12-34-13-11-32)33(16-28-22)20-6-8-31(9-7-20)18(2)35-25(3,4)5/h14-16,20H,2,6-13H2,1,3-5H3. The van der Waals surface area contributed by atoms with Gasteiger partial charge in [-0.25, -0.2) is 19.9 Å². The summed E-state index contributed by atoms with van der Waals surface area (Å²) in [5, 5.41) is 0. The molecule has 0 aromatic carbocycles. The molecule has 3 aromatic heterocycles. The van der Waals surface area contributed by atoms with Gasteiger partial charge in [-0.3, -0.25) is 0 Å². The molecule has 2 fully saturated rings. The van der Waals surface area contributed by atoms with E-state index in [0.29, 0.717) is 19.2 Å². The van der Waals surface area contributed by atoms with E-state index in [1.807, 2.05) is 46.4 Å². The molecule has 2 saturated heterocycles. The van der Waals surface area contributed by atoms with E-state index in [2.05, 4.69) is 30.9 Å². The van der Waals surface area contributed by atoms with Crippen LogP contribution in [0.3, 0.4) is 0 Å². The lowest BCUT2D eigenvalue weighted by atomic mass is 10.0. The first-order valence-electron chi connectivity index (χ1n) is 12.3. The van der Waals surface area contributed by atoms with Crippen molar-refractivity contribution in [3.05, 3.63) is 37.0 Å². The molecule has 3 aromatic rings. The molecule has 0 N–H and O–H groups in total. The topological polar surface area (TPSA) is 94.3 Å². The van der Waals surface area contributed by atoms with Crippen LogP contribution in [0.5, 0.6) is 0 Å². The molecular weight excluding hydrogens is 444 g/mol. The number of fused-ring (bicyclic) bond motifs is 1. The van der Waals surface area contributed by atoms with E-state index in [-0.39, 0.29) is 11.6 Å². The van der Waals surface area contributed by atoms with Crippen LogP contribution in [0.4, 0.5) is 5.95 Å². The molecule has 0 bridgehead atoms. The largest absolute Gasteiger partial charge is 0.474 e. The molecule has 0 saturated carbocycles. The average molecular weight is 479 g/mol. The smallest absolute Gasteiger partial charge is 0.228 e. The maximum absolute atomic E-state index is 5.99. The van der Waals surface area contributed by atoms with Crippen LogP contribution in [-0.4, -0.2) is 79.4 Å². The summed E-state index contributed by atoms with van der Waals surface area (Å²) < 4.78 is 13.7. The lowest BCUT2D eigenvalue weighted by Crippen LogP contribution is -2.37. The molecule has 0 unspecified atom stereocenters. The number of nitrogens with zero attached hydrogens (tertiary/aromatic N) is 8. The van der Waals surface area contributed by atoms with Crippen LogP contribution in [0.2, 0.25) is 0 Å². The third kappa shape index (κ3) is 5.07. The minimum absolute atomic E-state index is 0.253. The van der Waals surface area contributed by atoms with E-state index in [1.165, 1.54) is 0 Å². The van der Waals surface area contributed by atoms with Crippen molar-refractivity contribution in [1.29, 1.82) is 0 Å². The highest BCUT2D eigenvalue weighted by Gasteiger charge is 2.27. The molecule has 186 valence electrons. The number of anilines is 1. The maximum Gasteiger partial charge on any atom is 0.228 e. The van der Waals surface area contributed by atoms with Crippen LogP contribution < -0.4 is 4.90 Å². The number of hydrogen-bond donors (Lipinski definition) is 0. The number of rotatable bonds is 5. The van der Waals surface area contributed by atoms with Crippen LogP contribution in [0.25, 0.3) is 22.4 Å². The number of morpholine rings is 1. The van der Waals surface area contributed by atoms with Crippen LogP contribution in [-0.2, 0) is 9.47 Å². The lowest BCUT2D eigenvalue weighted by molar-refractivity contribution is -0.00477. The molecule has 5 rings (SSSR count).